The van der Waals surface area contributed by atoms with Crippen molar-refractivity contribution in [2.24, 2.45) is 5.73 Å². The summed E-state index contributed by atoms with van der Waals surface area (Å²) in [5.74, 6) is -0.336. The van der Waals surface area contributed by atoms with E-state index in [1.807, 2.05) is 0 Å². The van der Waals surface area contributed by atoms with Gasteiger partial charge in [0.15, 0.2) is 0 Å². The lowest BCUT2D eigenvalue weighted by molar-refractivity contribution is -0.154. The summed E-state index contributed by atoms with van der Waals surface area (Å²) in [5, 5.41) is 0. The second kappa shape index (κ2) is 46.1. The lowest BCUT2D eigenvalue weighted by atomic mass is 10.1. The molecule has 0 saturated heterocycles. The van der Waals surface area contributed by atoms with Crippen molar-refractivity contribution in [3.05, 3.63) is 24.3 Å². The molecule has 3 N–H and O–H groups in total. The fourth-order valence-corrected chi connectivity index (χ4v) is 7.75. The summed E-state index contributed by atoms with van der Waals surface area (Å²) in [5.41, 5.74) is 5.38. The number of nitrogens with two attached hydrogens (primary N) is 1. The molecule has 8 nitrogen and oxygen atoms in total. The molecule has 338 valence electrons. The quantitative estimate of drug-likeness (QED) is 0.0270. The summed E-state index contributed by atoms with van der Waals surface area (Å²) in [6, 6.07) is 0. The minimum atomic E-state index is -4.28. The molecule has 0 aliphatic carbocycles. The van der Waals surface area contributed by atoms with E-state index >= 15 is 0 Å². The van der Waals surface area contributed by atoms with E-state index in [-0.39, 0.29) is 32.3 Å². The fraction of sp³-hybridized carbons (Fsp3) is 0.896. The molecule has 0 saturated carbocycles. The van der Waals surface area contributed by atoms with Gasteiger partial charge in [0, 0.05) is 19.6 Å². The van der Waals surface area contributed by atoms with E-state index in [0.717, 1.165) is 44.9 Å². The van der Waals surface area contributed by atoms with E-state index in [4.69, 9.17) is 24.3 Å². The first-order valence-corrected chi connectivity index (χ1v) is 25.8. The molecule has 0 aromatic rings. The van der Waals surface area contributed by atoms with Crippen LogP contribution in [-0.2, 0) is 27.9 Å². The van der Waals surface area contributed by atoms with Crippen LogP contribution in [0, 0.1) is 0 Å². The van der Waals surface area contributed by atoms with Crippen LogP contribution in [0.4, 0.5) is 0 Å². The summed E-state index contributed by atoms with van der Waals surface area (Å²) >= 11 is 0. The van der Waals surface area contributed by atoms with Crippen molar-refractivity contribution in [2.75, 3.05) is 33.0 Å². The number of hydrogen-bond acceptors (Lipinski definition) is 7. The monoisotopic (exact) mass is 828 g/mol. The SMILES string of the molecule is CCCCCCCCC/C=C\CCCCCCCC(=O)OC(COCCCCCCCCCCCC/C=C\CCCCCCCCCC)COP(=O)(O)OCCN. The van der Waals surface area contributed by atoms with Crippen LogP contribution in [-0.4, -0.2) is 49.9 Å². The summed E-state index contributed by atoms with van der Waals surface area (Å²) < 4.78 is 33.5. The molecular formula is C48H94NO7P. The van der Waals surface area contributed by atoms with E-state index in [1.54, 1.807) is 0 Å². The van der Waals surface area contributed by atoms with Crippen LogP contribution in [0.3, 0.4) is 0 Å². The first-order chi connectivity index (χ1) is 27.9. The van der Waals surface area contributed by atoms with Gasteiger partial charge in [-0.05, 0) is 64.2 Å². The molecule has 0 radical (unpaired) electrons. The largest absolute Gasteiger partial charge is 0.472 e. The van der Waals surface area contributed by atoms with Crippen molar-refractivity contribution in [1.82, 2.24) is 0 Å². The van der Waals surface area contributed by atoms with Gasteiger partial charge in [0.05, 0.1) is 19.8 Å². The molecule has 0 rings (SSSR count). The van der Waals surface area contributed by atoms with Crippen LogP contribution in [0.15, 0.2) is 24.3 Å². The zero-order valence-corrected chi connectivity index (χ0v) is 38.5. The molecule has 0 aliphatic heterocycles. The van der Waals surface area contributed by atoms with Gasteiger partial charge in [-0.15, -0.1) is 0 Å². The van der Waals surface area contributed by atoms with Crippen molar-refractivity contribution in [3.8, 4) is 0 Å². The Hall–Kier alpha value is -1.02. The van der Waals surface area contributed by atoms with Gasteiger partial charge >= 0.3 is 13.8 Å². The summed E-state index contributed by atoms with van der Waals surface area (Å²) in [6.07, 6.45) is 52.0. The Morgan fingerprint density at radius 2 is 0.877 bits per heavy atom. The third-order valence-electron chi connectivity index (χ3n) is 10.6. The maximum atomic E-state index is 12.6. The zero-order chi connectivity index (χ0) is 41.6. The summed E-state index contributed by atoms with van der Waals surface area (Å²) in [7, 11) is -4.28. The molecule has 0 fully saturated rings. The van der Waals surface area contributed by atoms with Crippen molar-refractivity contribution in [1.29, 1.82) is 0 Å². The predicted octanol–water partition coefficient (Wildman–Crippen LogP) is 14.8. The lowest BCUT2D eigenvalue weighted by Gasteiger charge is -2.20. The molecule has 0 aromatic carbocycles. The number of unbranched alkanes of at least 4 members (excludes halogenated alkanes) is 30. The summed E-state index contributed by atoms with van der Waals surface area (Å²) in [4.78, 5) is 22.5. The van der Waals surface area contributed by atoms with E-state index in [2.05, 4.69) is 38.2 Å². The zero-order valence-electron chi connectivity index (χ0n) is 37.6. The Balaban J connectivity index is 3.94. The highest BCUT2D eigenvalue weighted by molar-refractivity contribution is 7.47. The van der Waals surface area contributed by atoms with Gasteiger partial charge in [-0.3, -0.25) is 13.8 Å². The molecule has 0 bridgehead atoms. The minimum absolute atomic E-state index is 0.0956. The maximum absolute atomic E-state index is 12.6. The average Bonchev–Trinajstić information content (AvgIpc) is 3.20. The van der Waals surface area contributed by atoms with Gasteiger partial charge in [-0.2, -0.15) is 0 Å². The van der Waals surface area contributed by atoms with Crippen molar-refractivity contribution < 1.29 is 32.8 Å². The molecule has 57 heavy (non-hydrogen) atoms. The molecular weight excluding hydrogens is 734 g/mol. The highest BCUT2D eigenvalue weighted by Crippen LogP contribution is 2.43. The van der Waals surface area contributed by atoms with Gasteiger partial charge in [-0.25, -0.2) is 4.57 Å². The predicted molar refractivity (Wildman–Crippen MR) is 243 cm³/mol. The standard InChI is InChI=1S/C48H94NO7P/c1-3-5-7-9-11-13-15-17-19-21-22-23-24-25-26-28-30-32-34-36-38-40-43-53-45-47(46-55-57(51,52)54-44-42-49)56-48(50)41-39-37-35-33-31-29-27-20-18-16-14-12-10-8-6-4-2/h20-22,27,47H,3-19,23-26,28-46,49H2,1-2H3,(H,51,52)/b22-21-,27-20-. The smallest absolute Gasteiger partial charge is 0.457 e. The Labute approximate surface area is 353 Å². The Morgan fingerprint density at radius 3 is 1.28 bits per heavy atom. The normalized spacial score (nSPS) is 13.5. The third kappa shape index (κ3) is 45.9. The van der Waals surface area contributed by atoms with Gasteiger partial charge in [0.25, 0.3) is 0 Å². The van der Waals surface area contributed by atoms with Gasteiger partial charge in [0.1, 0.15) is 6.10 Å². The molecule has 0 amide bonds. The number of phosphoric ester groups is 1. The van der Waals surface area contributed by atoms with Crippen LogP contribution in [0.25, 0.3) is 0 Å². The third-order valence-corrected chi connectivity index (χ3v) is 11.6. The Morgan fingerprint density at radius 1 is 0.509 bits per heavy atom. The van der Waals surface area contributed by atoms with E-state index in [0.29, 0.717) is 13.0 Å². The number of allylic oxidation sites excluding steroid dienone is 4. The van der Waals surface area contributed by atoms with Crippen molar-refractivity contribution in [3.63, 3.8) is 0 Å². The number of ether oxygens (including phenoxy) is 2. The van der Waals surface area contributed by atoms with E-state index in [9.17, 15) is 14.3 Å². The van der Waals surface area contributed by atoms with Gasteiger partial charge < -0.3 is 20.1 Å². The Kier molecular flexibility index (Phi) is 45.2. The molecule has 0 heterocycles. The van der Waals surface area contributed by atoms with Crippen LogP contribution in [0.5, 0.6) is 0 Å². The molecule has 0 spiro atoms. The maximum Gasteiger partial charge on any atom is 0.472 e. The second-order valence-corrected chi connectivity index (χ2v) is 17.8. The lowest BCUT2D eigenvalue weighted by Crippen LogP contribution is -2.28. The Bertz CT molecular complexity index is 930. The first-order valence-electron chi connectivity index (χ1n) is 24.3. The molecule has 9 heteroatoms. The summed E-state index contributed by atoms with van der Waals surface area (Å²) in [6.45, 7) is 4.94. The average molecular weight is 828 g/mol. The highest BCUT2D eigenvalue weighted by Gasteiger charge is 2.25. The number of phosphoric acid groups is 1. The number of rotatable bonds is 47. The number of hydrogen-bond donors (Lipinski definition) is 2. The van der Waals surface area contributed by atoms with Gasteiger partial charge in [-0.1, -0.05) is 192 Å². The fourth-order valence-electron chi connectivity index (χ4n) is 6.99. The number of esters is 1. The molecule has 2 unspecified atom stereocenters. The van der Waals surface area contributed by atoms with E-state index in [1.165, 1.54) is 173 Å². The van der Waals surface area contributed by atoms with Gasteiger partial charge in [0.2, 0.25) is 0 Å². The molecule has 0 aliphatic rings. The number of carbonyl (C=O) groups is 1. The first kappa shape index (κ1) is 56.0. The van der Waals surface area contributed by atoms with Crippen molar-refractivity contribution >= 4 is 13.8 Å². The van der Waals surface area contributed by atoms with Crippen LogP contribution >= 0.6 is 7.82 Å². The van der Waals surface area contributed by atoms with Crippen LogP contribution in [0.1, 0.15) is 239 Å². The second-order valence-electron chi connectivity index (χ2n) is 16.3. The number of carbonyl (C=O) groups excluding carboxylic acids is 1. The molecule has 0 aromatic heterocycles. The van der Waals surface area contributed by atoms with Crippen LogP contribution in [0.2, 0.25) is 0 Å². The van der Waals surface area contributed by atoms with Crippen LogP contribution < -0.4 is 5.73 Å². The highest BCUT2D eigenvalue weighted by atomic mass is 31.2. The molecule has 2 atom stereocenters. The van der Waals surface area contributed by atoms with Crippen molar-refractivity contribution in [2.45, 2.75) is 245 Å². The minimum Gasteiger partial charge on any atom is -0.457 e. The van der Waals surface area contributed by atoms with E-state index < -0.39 is 13.9 Å². The topological polar surface area (TPSA) is 117 Å².